The van der Waals surface area contributed by atoms with Crippen molar-refractivity contribution in [1.82, 2.24) is 0 Å². The lowest BCUT2D eigenvalue weighted by molar-refractivity contribution is -0.131. The van der Waals surface area contributed by atoms with E-state index >= 15 is 0 Å². The smallest absolute Gasteiger partial charge is 0.338 e. The SMILES string of the molecule is CC(=O)OS(=O)(=O)P=O. The highest BCUT2D eigenvalue weighted by Gasteiger charge is 2.12. The highest BCUT2D eigenvalue weighted by Crippen LogP contribution is 2.08. The van der Waals surface area contributed by atoms with Crippen LogP contribution in [0.25, 0.3) is 0 Å². The third kappa shape index (κ3) is 4.05. The molecule has 0 fully saturated rings. The summed E-state index contributed by atoms with van der Waals surface area (Å²) in [7, 11) is -5.36. The van der Waals surface area contributed by atoms with E-state index in [0.717, 1.165) is 6.92 Å². The van der Waals surface area contributed by atoms with Crippen molar-refractivity contribution in [3.8, 4) is 0 Å². The number of hydrogen-bond donors (Lipinski definition) is 0. The van der Waals surface area contributed by atoms with E-state index in [-0.39, 0.29) is 0 Å². The van der Waals surface area contributed by atoms with Gasteiger partial charge in [0.2, 0.25) is 0 Å². The molecule has 0 aliphatic carbocycles. The predicted octanol–water partition coefficient (Wildman–Crippen LogP) is 0.0860. The molecule has 0 aromatic rings. The first-order valence-electron chi connectivity index (χ1n) is 1.77. The van der Waals surface area contributed by atoms with Crippen LogP contribution in [0.15, 0.2) is 0 Å². The Kier molecular flexibility index (Phi) is 2.73. The lowest BCUT2D eigenvalue weighted by Crippen LogP contribution is -2.02. The molecule has 5 nitrogen and oxygen atoms in total. The highest BCUT2D eigenvalue weighted by molar-refractivity contribution is 8.37. The molecule has 0 radical (unpaired) electrons. The lowest BCUT2D eigenvalue weighted by Gasteiger charge is -1.89. The fourth-order valence-electron chi connectivity index (χ4n) is 0.164. The molecule has 0 spiro atoms. The highest BCUT2D eigenvalue weighted by atomic mass is 32.8. The molecule has 0 saturated heterocycles. The van der Waals surface area contributed by atoms with Crippen LogP contribution in [0, 0.1) is 0 Å². The van der Waals surface area contributed by atoms with Crippen LogP contribution >= 0.6 is 7.66 Å². The maximum atomic E-state index is 10.0. The molecule has 0 rings (SSSR count). The number of carbonyl (C=O) groups excluding carboxylic acids is 1. The summed E-state index contributed by atoms with van der Waals surface area (Å²) < 4.78 is 33.3. The van der Waals surface area contributed by atoms with Crippen molar-refractivity contribution in [2.45, 2.75) is 6.92 Å². The van der Waals surface area contributed by atoms with Gasteiger partial charge in [-0.2, -0.15) is 8.42 Å². The van der Waals surface area contributed by atoms with Crippen molar-refractivity contribution in [2.75, 3.05) is 0 Å². The first-order chi connectivity index (χ1) is 3.98. The van der Waals surface area contributed by atoms with Crippen molar-refractivity contribution in [3.05, 3.63) is 0 Å². The van der Waals surface area contributed by atoms with Crippen LogP contribution in [0.3, 0.4) is 0 Å². The zero-order chi connectivity index (χ0) is 7.49. The van der Waals surface area contributed by atoms with Crippen molar-refractivity contribution in [3.63, 3.8) is 0 Å². The summed E-state index contributed by atoms with van der Waals surface area (Å²) in [5.74, 6) is -1.00. The molecule has 9 heavy (non-hydrogen) atoms. The van der Waals surface area contributed by atoms with Crippen LogP contribution in [0.4, 0.5) is 0 Å². The first-order valence-corrected chi connectivity index (χ1v) is 4.60. The zero-order valence-electron chi connectivity index (χ0n) is 4.40. The standard InChI is InChI=1S/C2H3O5PS/c1-2(3)7-9(5,6)8-4/h1H3. The minimum absolute atomic E-state index is 0.905. The third-order valence-corrected chi connectivity index (χ3v) is 1.71. The Labute approximate surface area is 53.1 Å². The average Bonchev–Trinajstić information content (AvgIpc) is 1.63. The van der Waals surface area contributed by atoms with Crippen molar-refractivity contribution < 1.29 is 22.0 Å². The van der Waals surface area contributed by atoms with Crippen LogP contribution in [0.5, 0.6) is 0 Å². The summed E-state index contributed by atoms with van der Waals surface area (Å²) in [6.45, 7) is 0.905. The quantitative estimate of drug-likeness (QED) is 0.548. The summed E-state index contributed by atoms with van der Waals surface area (Å²) in [6, 6.07) is 0. The van der Waals surface area contributed by atoms with E-state index in [9.17, 15) is 17.8 Å². The second-order valence-electron chi connectivity index (χ2n) is 1.08. The van der Waals surface area contributed by atoms with Gasteiger partial charge in [-0.25, -0.2) is 0 Å². The Morgan fingerprint density at radius 3 is 2.11 bits per heavy atom. The normalized spacial score (nSPS) is 11.2. The zero-order valence-corrected chi connectivity index (χ0v) is 6.11. The van der Waals surface area contributed by atoms with Gasteiger partial charge in [-0.15, -0.1) is 0 Å². The Morgan fingerprint density at radius 2 is 2.00 bits per heavy atom. The van der Waals surface area contributed by atoms with E-state index in [1.165, 1.54) is 0 Å². The third-order valence-electron chi connectivity index (χ3n) is 0.314. The molecule has 0 saturated carbocycles. The summed E-state index contributed by atoms with van der Waals surface area (Å²) in [6.07, 6.45) is 0. The minimum atomic E-state index is -4.15. The van der Waals surface area contributed by atoms with E-state index in [1.807, 2.05) is 0 Å². The fourth-order valence-corrected chi connectivity index (χ4v) is 0.897. The Hall–Kier alpha value is -0.480. The Balaban J connectivity index is 4.23. The molecule has 7 heteroatoms. The molecule has 0 bridgehead atoms. The Morgan fingerprint density at radius 1 is 1.56 bits per heavy atom. The number of carbonyl (C=O) groups is 1. The van der Waals surface area contributed by atoms with Gasteiger partial charge in [0.1, 0.15) is 0 Å². The molecule has 0 aliphatic heterocycles. The van der Waals surface area contributed by atoms with Crippen LogP contribution in [0.1, 0.15) is 6.92 Å². The van der Waals surface area contributed by atoms with E-state index in [0.29, 0.717) is 0 Å². The summed E-state index contributed by atoms with van der Waals surface area (Å²) in [5, 5.41) is 0. The molecular formula is C2H3O5PS. The van der Waals surface area contributed by atoms with E-state index in [4.69, 9.17) is 0 Å². The minimum Gasteiger partial charge on any atom is -0.338 e. The van der Waals surface area contributed by atoms with Crippen molar-refractivity contribution in [1.29, 1.82) is 0 Å². The topological polar surface area (TPSA) is 77.5 Å². The monoisotopic (exact) mass is 170 g/mol. The predicted molar refractivity (Wildman–Crippen MR) is 28.3 cm³/mol. The van der Waals surface area contributed by atoms with Gasteiger partial charge in [-0.1, -0.05) is 0 Å². The molecule has 0 aromatic heterocycles. The molecule has 0 aromatic carbocycles. The van der Waals surface area contributed by atoms with Gasteiger partial charge >= 0.3 is 23.4 Å². The second kappa shape index (κ2) is 2.89. The van der Waals surface area contributed by atoms with E-state index in [1.54, 1.807) is 0 Å². The first kappa shape index (κ1) is 8.52. The van der Waals surface area contributed by atoms with Gasteiger partial charge in [0.15, 0.2) is 0 Å². The number of hydrogen-bond acceptors (Lipinski definition) is 5. The van der Waals surface area contributed by atoms with Crippen molar-refractivity contribution in [2.24, 2.45) is 0 Å². The average molecular weight is 170 g/mol. The molecule has 52 valence electrons. The maximum absolute atomic E-state index is 10.0. The van der Waals surface area contributed by atoms with E-state index < -0.39 is 23.4 Å². The summed E-state index contributed by atoms with van der Waals surface area (Å²) in [5.41, 5.74) is 0. The van der Waals surface area contributed by atoms with Gasteiger partial charge in [0.05, 0.1) is 0 Å². The molecule has 0 unspecified atom stereocenters. The van der Waals surface area contributed by atoms with Gasteiger partial charge < -0.3 is 4.18 Å². The van der Waals surface area contributed by atoms with Crippen LogP contribution < -0.4 is 0 Å². The molecule has 0 heterocycles. The largest absolute Gasteiger partial charge is 0.396 e. The van der Waals surface area contributed by atoms with Crippen LogP contribution in [0.2, 0.25) is 0 Å². The molecule has 0 N–H and O–H groups in total. The number of rotatable bonds is 2. The molecule has 0 atom stereocenters. The summed E-state index contributed by atoms with van der Waals surface area (Å²) >= 11 is 0. The Bertz CT molecular complexity index is 215. The van der Waals surface area contributed by atoms with Gasteiger partial charge in [0.25, 0.3) is 0 Å². The van der Waals surface area contributed by atoms with Crippen molar-refractivity contribution >= 4 is 23.4 Å². The van der Waals surface area contributed by atoms with Gasteiger partial charge in [-0.05, 0) is 0 Å². The van der Waals surface area contributed by atoms with E-state index in [2.05, 4.69) is 4.18 Å². The lowest BCUT2D eigenvalue weighted by atomic mass is 10.9. The molecule has 0 amide bonds. The maximum Gasteiger partial charge on any atom is 0.396 e. The molecular weight excluding hydrogens is 167 g/mol. The van der Waals surface area contributed by atoms with Crippen LogP contribution in [-0.2, 0) is 23.3 Å². The van der Waals surface area contributed by atoms with Gasteiger partial charge in [0, 0.05) is 6.92 Å². The molecule has 0 aliphatic rings. The van der Waals surface area contributed by atoms with Crippen LogP contribution in [-0.4, -0.2) is 14.4 Å². The second-order valence-corrected chi connectivity index (χ2v) is 4.04. The van der Waals surface area contributed by atoms with Gasteiger partial charge in [-0.3, -0.25) is 9.36 Å². The fraction of sp³-hybridized carbons (Fsp3) is 0.500. The summed E-state index contributed by atoms with van der Waals surface area (Å²) in [4.78, 5) is 9.87.